The average Bonchev–Trinajstić information content (AvgIpc) is 2.97. The first-order valence-electron chi connectivity index (χ1n) is 13.9. The fourth-order valence-corrected chi connectivity index (χ4v) is 5.48. The summed E-state index contributed by atoms with van der Waals surface area (Å²) in [5.74, 6) is 0. The summed E-state index contributed by atoms with van der Waals surface area (Å²) in [6, 6.07) is 41.7. The molecule has 1 aromatic heterocycles. The molecular weight excluding hydrogens is 675 g/mol. The predicted octanol–water partition coefficient (Wildman–Crippen LogP) is 9.76. The van der Waals surface area contributed by atoms with Crippen molar-refractivity contribution in [3.05, 3.63) is 151 Å². The molecule has 0 bridgehead atoms. The second-order valence-corrected chi connectivity index (χ2v) is 10.5. The Hall–Kier alpha value is -4.05. The van der Waals surface area contributed by atoms with Crippen molar-refractivity contribution < 1.29 is 24.4 Å². The largest absolute Gasteiger partial charge is 1.00 e. The fraction of sp³-hybridized carbons (Fsp3) is 0.105. The zero-order valence-electron chi connectivity index (χ0n) is 23.6. The van der Waals surface area contributed by atoms with Gasteiger partial charge in [0.1, 0.15) is 6.54 Å². The van der Waals surface area contributed by atoms with Crippen LogP contribution in [0.1, 0.15) is 28.7 Å². The van der Waals surface area contributed by atoms with Crippen molar-refractivity contribution >= 4 is 50.9 Å². The molecule has 0 atom stereocenters. The van der Waals surface area contributed by atoms with Crippen molar-refractivity contribution in [1.82, 2.24) is 0 Å². The van der Waals surface area contributed by atoms with Gasteiger partial charge in [0.15, 0.2) is 6.20 Å². The molecule has 6 aromatic rings. The number of nitrogens with zero attached hydrogens (tertiary/aromatic N) is 2. The van der Waals surface area contributed by atoms with Gasteiger partial charge in [0, 0.05) is 29.2 Å². The summed E-state index contributed by atoms with van der Waals surface area (Å²) in [5, 5.41) is 3.71. The molecule has 0 aliphatic carbocycles. The van der Waals surface area contributed by atoms with Crippen molar-refractivity contribution in [2.24, 2.45) is 0 Å². The Morgan fingerprint density at radius 2 is 1.32 bits per heavy atom. The fourth-order valence-electron chi connectivity index (χ4n) is 5.48. The van der Waals surface area contributed by atoms with Gasteiger partial charge in [-0.2, -0.15) is 0 Å². The van der Waals surface area contributed by atoms with Gasteiger partial charge in [0.2, 0.25) is 5.52 Å². The molecule has 0 fully saturated rings. The second-order valence-electron chi connectivity index (χ2n) is 10.5. The Morgan fingerprint density at radius 3 is 2.02 bits per heavy atom. The number of hydrogen-bond donors (Lipinski definition) is 0. The number of aromatic nitrogens is 1. The van der Waals surface area contributed by atoms with Crippen LogP contribution in [0.3, 0.4) is 0 Å². The molecule has 0 aliphatic heterocycles. The third-order valence-electron chi connectivity index (χ3n) is 7.44. The van der Waals surface area contributed by atoms with Crippen molar-refractivity contribution in [2.45, 2.75) is 26.8 Å². The molecular formula is C38H34N2Os+. The molecule has 5 aromatic carbocycles. The summed E-state index contributed by atoms with van der Waals surface area (Å²) in [7, 11) is 0. The van der Waals surface area contributed by atoms with Crippen LogP contribution in [0.15, 0.2) is 121 Å². The molecule has 3 heteroatoms. The SMILES string of the molecule is [CH2-]CC[n+]1ccc(/C=C/c2ccc3cc(N(c4cccc(C)c4)c4cccc(C)c4)ccc3c2)c2ccccc21.[Os+]. The third-order valence-corrected chi connectivity index (χ3v) is 7.44. The molecule has 41 heavy (non-hydrogen) atoms. The van der Waals surface area contributed by atoms with Gasteiger partial charge >= 0.3 is 19.8 Å². The maximum atomic E-state index is 4.03. The minimum atomic E-state index is 0. The van der Waals surface area contributed by atoms with E-state index in [-0.39, 0.29) is 19.8 Å². The maximum Gasteiger partial charge on any atom is 1.00 e. The zero-order chi connectivity index (χ0) is 27.5. The molecule has 0 aliphatic rings. The van der Waals surface area contributed by atoms with Gasteiger partial charge in [0.05, 0.1) is 5.39 Å². The van der Waals surface area contributed by atoms with E-state index in [2.05, 4.69) is 164 Å². The summed E-state index contributed by atoms with van der Waals surface area (Å²) < 4.78 is 2.28. The number of fused-ring (bicyclic) bond motifs is 2. The quantitative estimate of drug-likeness (QED) is 0.118. The van der Waals surface area contributed by atoms with Crippen LogP contribution in [0, 0.1) is 20.8 Å². The first-order chi connectivity index (χ1) is 19.6. The molecule has 0 saturated carbocycles. The van der Waals surface area contributed by atoms with Gasteiger partial charge in [-0.25, -0.2) is 4.57 Å². The molecule has 203 valence electrons. The molecule has 0 spiro atoms. The zero-order valence-corrected chi connectivity index (χ0v) is 26.1. The molecule has 0 amide bonds. The number of anilines is 3. The van der Waals surface area contributed by atoms with E-state index >= 15 is 0 Å². The van der Waals surface area contributed by atoms with Gasteiger partial charge in [-0.15, -0.1) is 6.42 Å². The molecule has 0 N–H and O–H groups in total. The van der Waals surface area contributed by atoms with Gasteiger partial charge < -0.3 is 11.8 Å². The summed E-state index contributed by atoms with van der Waals surface area (Å²) in [4.78, 5) is 2.34. The van der Waals surface area contributed by atoms with E-state index in [4.69, 9.17) is 0 Å². The Labute approximate surface area is 256 Å². The number of aryl methyl sites for hydroxylation is 3. The van der Waals surface area contributed by atoms with Gasteiger partial charge in [-0.1, -0.05) is 66.7 Å². The number of rotatable bonds is 7. The first-order valence-corrected chi connectivity index (χ1v) is 13.9. The van der Waals surface area contributed by atoms with Crippen LogP contribution in [0.5, 0.6) is 0 Å². The van der Waals surface area contributed by atoms with E-state index in [0.717, 1.165) is 30.0 Å². The number of benzene rings is 5. The molecule has 6 rings (SSSR count). The average molecular weight is 709 g/mol. The standard InChI is InChI=1S/C38H34N2.Os/c1-4-22-39-23-21-31(37-13-5-6-14-38(37)39)17-15-30-16-18-33-27-36(20-19-32(33)26-30)40(34-11-7-9-28(2)24-34)35-12-8-10-29(3)25-35;/h5-21,23-27H,1,4,22H2,2-3H3;/q;+1. The van der Waals surface area contributed by atoms with E-state index < -0.39 is 0 Å². The summed E-state index contributed by atoms with van der Waals surface area (Å²) in [6.07, 6.45) is 7.48. The predicted molar refractivity (Wildman–Crippen MR) is 171 cm³/mol. The topological polar surface area (TPSA) is 7.12 Å². The van der Waals surface area contributed by atoms with Crippen molar-refractivity contribution in [2.75, 3.05) is 4.90 Å². The van der Waals surface area contributed by atoms with Crippen LogP contribution in [-0.2, 0) is 26.3 Å². The van der Waals surface area contributed by atoms with Crippen LogP contribution in [0.2, 0.25) is 0 Å². The maximum absolute atomic E-state index is 4.03. The molecule has 0 unspecified atom stereocenters. The Morgan fingerprint density at radius 1 is 0.659 bits per heavy atom. The van der Waals surface area contributed by atoms with E-state index in [9.17, 15) is 0 Å². The van der Waals surface area contributed by atoms with E-state index in [1.165, 1.54) is 43.9 Å². The molecule has 1 heterocycles. The van der Waals surface area contributed by atoms with Crippen LogP contribution >= 0.6 is 0 Å². The minimum Gasteiger partial charge on any atom is -0.337 e. The van der Waals surface area contributed by atoms with Crippen LogP contribution in [-0.4, -0.2) is 0 Å². The summed E-state index contributed by atoms with van der Waals surface area (Å²) in [6.45, 7) is 9.23. The monoisotopic (exact) mass is 710 g/mol. The van der Waals surface area contributed by atoms with Crippen LogP contribution < -0.4 is 9.47 Å². The number of pyridine rings is 1. The van der Waals surface area contributed by atoms with Gasteiger partial charge in [0.25, 0.3) is 0 Å². The molecule has 1 radical (unpaired) electrons. The van der Waals surface area contributed by atoms with Gasteiger partial charge in [-0.05, 0) is 95.4 Å². The normalized spacial score (nSPS) is 11.2. The second kappa shape index (κ2) is 12.6. The third kappa shape index (κ3) is 6.17. The van der Waals surface area contributed by atoms with Crippen LogP contribution in [0.4, 0.5) is 17.1 Å². The summed E-state index contributed by atoms with van der Waals surface area (Å²) in [5.41, 5.74) is 9.62. The number of hydrogen-bond acceptors (Lipinski definition) is 1. The van der Waals surface area contributed by atoms with Crippen molar-refractivity contribution in [3.8, 4) is 0 Å². The Balaban J connectivity index is 0.00000337. The van der Waals surface area contributed by atoms with E-state index in [0.29, 0.717) is 0 Å². The van der Waals surface area contributed by atoms with Crippen molar-refractivity contribution in [3.63, 3.8) is 0 Å². The van der Waals surface area contributed by atoms with Crippen molar-refractivity contribution in [1.29, 1.82) is 0 Å². The number of para-hydroxylation sites is 1. The Bertz CT molecular complexity index is 1810. The molecule has 0 saturated heterocycles. The van der Waals surface area contributed by atoms with Crippen LogP contribution in [0.25, 0.3) is 33.8 Å². The minimum absolute atomic E-state index is 0. The first kappa shape index (κ1) is 28.5. The van der Waals surface area contributed by atoms with E-state index in [1.807, 2.05) is 0 Å². The van der Waals surface area contributed by atoms with E-state index in [1.54, 1.807) is 0 Å². The summed E-state index contributed by atoms with van der Waals surface area (Å²) >= 11 is 0. The van der Waals surface area contributed by atoms with Gasteiger partial charge in [-0.3, -0.25) is 0 Å². The Kier molecular flexibility index (Phi) is 8.77. The molecule has 2 nitrogen and oxygen atoms in total. The smallest absolute Gasteiger partial charge is 0.337 e.